The van der Waals surface area contributed by atoms with Crippen molar-refractivity contribution in [2.45, 2.75) is 0 Å². The van der Waals surface area contributed by atoms with Crippen molar-refractivity contribution in [3.63, 3.8) is 0 Å². The molecular weight excluding hydrogens is 242 g/mol. The molecule has 0 aliphatic heterocycles. The SMILES string of the molecule is Cn1ncnc1NC(=O)c1ccc2ncccc2c1. The van der Waals surface area contributed by atoms with E-state index in [4.69, 9.17) is 0 Å². The highest BCUT2D eigenvalue weighted by Gasteiger charge is 2.09. The number of carbonyl (C=O) groups is 1. The van der Waals surface area contributed by atoms with Crippen LogP contribution in [0.25, 0.3) is 10.9 Å². The van der Waals surface area contributed by atoms with Crippen LogP contribution in [-0.2, 0) is 7.05 Å². The summed E-state index contributed by atoms with van der Waals surface area (Å²) in [5.41, 5.74) is 1.42. The van der Waals surface area contributed by atoms with E-state index in [-0.39, 0.29) is 5.91 Å². The number of nitrogens with zero attached hydrogens (tertiary/aromatic N) is 4. The summed E-state index contributed by atoms with van der Waals surface area (Å²) in [6.45, 7) is 0. The monoisotopic (exact) mass is 253 g/mol. The highest BCUT2D eigenvalue weighted by Crippen LogP contribution is 2.14. The maximum absolute atomic E-state index is 12.1. The largest absolute Gasteiger partial charge is 0.291 e. The second kappa shape index (κ2) is 4.49. The quantitative estimate of drug-likeness (QED) is 0.753. The van der Waals surface area contributed by atoms with Crippen LogP contribution in [0.5, 0.6) is 0 Å². The van der Waals surface area contributed by atoms with Gasteiger partial charge in [0.15, 0.2) is 0 Å². The van der Waals surface area contributed by atoms with Crippen molar-refractivity contribution in [2.24, 2.45) is 7.05 Å². The minimum Gasteiger partial charge on any atom is -0.291 e. The number of fused-ring (bicyclic) bond motifs is 1. The molecule has 2 aromatic heterocycles. The topological polar surface area (TPSA) is 72.7 Å². The molecule has 0 unspecified atom stereocenters. The number of aryl methyl sites for hydroxylation is 1. The van der Waals surface area contributed by atoms with Crippen LogP contribution in [0, 0.1) is 0 Å². The molecule has 1 amide bonds. The lowest BCUT2D eigenvalue weighted by molar-refractivity contribution is 0.102. The Labute approximate surface area is 109 Å². The Morgan fingerprint density at radius 3 is 2.95 bits per heavy atom. The Morgan fingerprint density at radius 2 is 2.16 bits per heavy atom. The number of hydrogen-bond acceptors (Lipinski definition) is 4. The molecule has 0 bridgehead atoms. The van der Waals surface area contributed by atoms with Gasteiger partial charge in [0.1, 0.15) is 6.33 Å². The predicted molar refractivity (Wildman–Crippen MR) is 70.7 cm³/mol. The molecule has 19 heavy (non-hydrogen) atoms. The number of nitrogens with one attached hydrogen (secondary N) is 1. The van der Waals surface area contributed by atoms with E-state index >= 15 is 0 Å². The van der Waals surface area contributed by atoms with Crippen molar-refractivity contribution < 1.29 is 4.79 Å². The molecule has 0 radical (unpaired) electrons. The lowest BCUT2D eigenvalue weighted by Crippen LogP contribution is -2.15. The average Bonchev–Trinajstić information content (AvgIpc) is 2.84. The van der Waals surface area contributed by atoms with E-state index in [1.807, 2.05) is 18.2 Å². The summed E-state index contributed by atoms with van der Waals surface area (Å²) >= 11 is 0. The van der Waals surface area contributed by atoms with Gasteiger partial charge >= 0.3 is 0 Å². The van der Waals surface area contributed by atoms with E-state index < -0.39 is 0 Å². The average molecular weight is 253 g/mol. The van der Waals surface area contributed by atoms with E-state index in [9.17, 15) is 4.79 Å². The number of rotatable bonds is 2. The van der Waals surface area contributed by atoms with Crippen LogP contribution >= 0.6 is 0 Å². The van der Waals surface area contributed by atoms with Crippen LogP contribution in [0.4, 0.5) is 5.95 Å². The third-order valence-corrected chi connectivity index (χ3v) is 2.80. The molecule has 3 rings (SSSR count). The van der Waals surface area contributed by atoms with Crippen LogP contribution in [0.15, 0.2) is 42.9 Å². The zero-order valence-corrected chi connectivity index (χ0v) is 10.2. The molecule has 94 valence electrons. The van der Waals surface area contributed by atoms with Gasteiger partial charge in [-0.3, -0.25) is 15.1 Å². The summed E-state index contributed by atoms with van der Waals surface area (Å²) in [6.07, 6.45) is 3.11. The van der Waals surface area contributed by atoms with Gasteiger partial charge in [-0.1, -0.05) is 6.07 Å². The fourth-order valence-corrected chi connectivity index (χ4v) is 1.80. The Kier molecular flexibility index (Phi) is 2.68. The second-order valence-corrected chi connectivity index (χ2v) is 4.07. The fourth-order valence-electron chi connectivity index (χ4n) is 1.80. The predicted octanol–water partition coefficient (Wildman–Crippen LogP) is 1.62. The van der Waals surface area contributed by atoms with Crippen molar-refractivity contribution in [3.8, 4) is 0 Å². The number of pyridine rings is 1. The molecule has 3 aromatic rings. The molecule has 0 fully saturated rings. The number of carbonyl (C=O) groups excluding carboxylic acids is 1. The van der Waals surface area contributed by atoms with E-state index in [2.05, 4.69) is 20.4 Å². The number of hydrogen-bond donors (Lipinski definition) is 1. The molecule has 0 spiro atoms. The molecule has 6 nitrogen and oxygen atoms in total. The minimum atomic E-state index is -0.221. The molecule has 0 atom stereocenters. The third kappa shape index (κ3) is 2.15. The highest BCUT2D eigenvalue weighted by atomic mass is 16.1. The Balaban J connectivity index is 1.91. The Bertz CT molecular complexity index is 749. The van der Waals surface area contributed by atoms with Gasteiger partial charge < -0.3 is 0 Å². The summed E-state index contributed by atoms with van der Waals surface area (Å²) in [5.74, 6) is 0.193. The number of benzene rings is 1. The van der Waals surface area contributed by atoms with E-state index in [1.54, 1.807) is 25.4 Å². The Morgan fingerprint density at radius 1 is 1.26 bits per heavy atom. The summed E-state index contributed by atoms with van der Waals surface area (Å²) in [5, 5.41) is 7.52. The molecule has 2 heterocycles. The van der Waals surface area contributed by atoms with Crippen molar-refractivity contribution in [2.75, 3.05) is 5.32 Å². The van der Waals surface area contributed by atoms with Gasteiger partial charge in [-0.2, -0.15) is 10.1 Å². The third-order valence-electron chi connectivity index (χ3n) is 2.80. The second-order valence-electron chi connectivity index (χ2n) is 4.07. The molecule has 1 aromatic carbocycles. The van der Waals surface area contributed by atoms with Crippen molar-refractivity contribution in [1.29, 1.82) is 0 Å². The maximum atomic E-state index is 12.1. The summed E-state index contributed by atoms with van der Waals surface area (Å²) < 4.78 is 1.50. The standard InChI is InChI=1S/C13H11N5O/c1-18-13(15-8-16-18)17-12(19)10-4-5-11-9(7-10)3-2-6-14-11/h2-8H,1H3,(H,15,16,17,19). The van der Waals surface area contributed by atoms with Gasteiger partial charge in [0.2, 0.25) is 5.95 Å². The molecular formula is C13H11N5O. The first-order chi connectivity index (χ1) is 9.24. The summed E-state index contributed by atoms with van der Waals surface area (Å²) in [6, 6.07) is 9.12. The smallest absolute Gasteiger partial charge is 0.258 e. The van der Waals surface area contributed by atoms with E-state index in [0.29, 0.717) is 11.5 Å². The summed E-state index contributed by atoms with van der Waals surface area (Å²) in [7, 11) is 1.72. The lowest BCUT2D eigenvalue weighted by Gasteiger charge is -2.04. The minimum absolute atomic E-state index is 0.221. The first kappa shape index (κ1) is 11.3. The van der Waals surface area contributed by atoms with Crippen LogP contribution in [0.2, 0.25) is 0 Å². The molecule has 0 aliphatic carbocycles. The number of amides is 1. The van der Waals surface area contributed by atoms with E-state index in [0.717, 1.165) is 10.9 Å². The normalized spacial score (nSPS) is 10.6. The van der Waals surface area contributed by atoms with E-state index in [1.165, 1.54) is 11.0 Å². The van der Waals surface area contributed by atoms with Gasteiger partial charge in [0.25, 0.3) is 5.91 Å². The number of aromatic nitrogens is 4. The van der Waals surface area contributed by atoms with Gasteiger partial charge in [-0.25, -0.2) is 4.68 Å². The maximum Gasteiger partial charge on any atom is 0.258 e. The first-order valence-corrected chi connectivity index (χ1v) is 5.74. The van der Waals surface area contributed by atoms with Gasteiger partial charge in [-0.05, 0) is 24.3 Å². The van der Waals surface area contributed by atoms with Crippen molar-refractivity contribution >= 4 is 22.8 Å². The summed E-state index contributed by atoms with van der Waals surface area (Å²) in [4.78, 5) is 20.3. The van der Waals surface area contributed by atoms with Crippen LogP contribution in [-0.4, -0.2) is 25.7 Å². The van der Waals surface area contributed by atoms with Crippen LogP contribution < -0.4 is 5.32 Å². The molecule has 0 saturated heterocycles. The fraction of sp³-hybridized carbons (Fsp3) is 0.0769. The zero-order valence-electron chi connectivity index (χ0n) is 10.2. The van der Waals surface area contributed by atoms with Crippen molar-refractivity contribution in [3.05, 3.63) is 48.4 Å². The Hall–Kier alpha value is -2.76. The molecule has 0 aliphatic rings. The van der Waals surface area contributed by atoms with Crippen LogP contribution in [0.1, 0.15) is 10.4 Å². The van der Waals surface area contributed by atoms with Gasteiger partial charge in [-0.15, -0.1) is 0 Å². The zero-order chi connectivity index (χ0) is 13.2. The van der Waals surface area contributed by atoms with Gasteiger partial charge in [0, 0.05) is 24.2 Å². The molecule has 6 heteroatoms. The molecule has 0 saturated carbocycles. The van der Waals surface area contributed by atoms with Gasteiger partial charge in [0.05, 0.1) is 5.52 Å². The first-order valence-electron chi connectivity index (χ1n) is 5.74. The highest BCUT2D eigenvalue weighted by molar-refractivity contribution is 6.05. The number of anilines is 1. The molecule has 1 N–H and O–H groups in total. The lowest BCUT2D eigenvalue weighted by atomic mass is 10.1. The van der Waals surface area contributed by atoms with Crippen LogP contribution in [0.3, 0.4) is 0 Å². The van der Waals surface area contributed by atoms with Crippen molar-refractivity contribution in [1.82, 2.24) is 19.7 Å².